The predicted molar refractivity (Wildman–Crippen MR) is 62.1 cm³/mol. The summed E-state index contributed by atoms with van der Waals surface area (Å²) in [4.78, 5) is 21.6. The molecule has 1 fully saturated rings. The Balaban J connectivity index is 2.40. The van der Waals surface area contributed by atoms with Gasteiger partial charge in [-0.1, -0.05) is 0 Å². The highest BCUT2D eigenvalue weighted by Gasteiger charge is 2.24. The summed E-state index contributed by atoms with van der Waals surface area (Å²) in [6.45, 7) is 1.91. The molecule has 98 valence electrons. The third kappa shape index (κ3) is 5.27. The molecule has 0 aromatic carbocycles. The molecule has 17 heavy (non-hydrogen) atoms. The third-order valence-corrected chi connectivity index (χ3v) is 3.87. The van der Waals surface area contributed by atoms with Gasteiger partial charge in [0.2, 0.25) is 5.91 Å². The topological polar surface area (TPSA) is 92.7 Å². The Hall–Kier alpha value is -0.950. The van der Waals surface area contributed by atoms with Crippen molar-refractivity contribution in [2.45, 2.75) is 31.9 Å². The quantitative estimate of drug-likeness (QED) is 0.674. The average Bonchev–Trinajstić information content (AvgIpc) is 2.68. The van der Waals surface area contributed by atoms with E-state index in [0.29, 0.717) is 12.4 Å². The highest BCUT2D eigenvalue weighted by Crippen LogP contribution is 2.13. The zero-order chi connectivity index (χ0) is 12.8. The first kappa shape index (κ1) is 14.1. The van der Waals surface area contributed by atoms with Crippen molar-refractivity contribution in [3.05, 3.63) is 0 Å². The van der Waals surface area contributed by atoms with Crippen LogP contribution in [0.1, 0.15) is 19.8 Å². The van der Waals surface area contributed by atoms with Crippen molar-refractivity contribution in [3.8, 4) is 0 Å². The molecule has 3 unspecified atom stereocenters. The average molecular weight is 263 g/mol. The van der Waals surface area contributed by atoms with Crippen LogP contribution >= 0.6 is 0 Å². The van der Waals surface area contributed by atoms with Gasteiger partial charge in [0.05, 0.1) is 11.9 Å². The number of carboxylic acids is 1. The normalized spacial score (nSPS) is 23.0. The van der Waals surface area contributed by atoms with Gasteiger partial charge < -0.3 is 15.2 Å². The van der Waals surface area contributed by atoms with Crippen LogP contribution in [0.15, 0.2) is 0 Å². The molecule has 0 spiro atoms. The Morgan fingerprint density at radius 1 is 1.59 bits per heavy atom. The summed E-state index contributed by atoms with van der Waals surface area (Å²) < 4.78 is 17.0. The highest BCUT2D eigenvalue weighted by molar-refractivity contribution is 7.85. The highest BCUT2D eigenvalue weighted by atomic mass is 32.2. The second-order valence-corrected chi connectivity index (χ2v) is 5.55. The predicted octanol–water partition coefficient (Wildman–Crippen LogP) is -0.497. The molecule has 0 saturated carbocycles. The van der Waals surface area contributed by atoms with Crippen LogP contribution in [0.25, 0.3) is 0 Å². The van der Waals surface area contributed by atoms with Crippen molar-refractivity contribution in [2.24, 2.45) is 0 Å². The molecule has 0 aromatic heterocycles. The number of ether oxygens (including phenoxy) is 1. The van der Waals surface area contributed by atoms with Gasteiger partial charge in [-0.05, 0) is 12.8 Å². The first-order valence-corrected chi connectivity index (χ1v) is 6.94. The van der Waals surface area contributed by atoms with Crippen molar-refractivity contribution in [3.63, 3.8) is 0 Å². The molecule has 0 aromatic rings. The van der Waals surface area contributed by atoms with Crippen molar-refractivity contribution in [1.82, 2.24) is 5.32 Å². The molecule has 0 bridgehead atoms. The molecule has 1 aliphatic heterocycles. The third-order valence-electron chi connectivity index (χ3n) is 2.42. The van der Waals surface area contributed by atoms with Gasteiger partial charge in [0.15, 0.2) is 0 Å². The fourth-order valence-electron chi connectivity index (χ4n) is 1.66. The number of carbonyl (C=O) groups is 2. The molecule has 3 atom stereocenters. The molecule has 2 N–H and O–H groups in total. The van der Waals surface area contributed by atoms with Gasteiger partial charge in [-0.2, -0.15) is 0 Å². The maximum atomic E-state index is 11.7. The smallest absolute Gasteiger partial charge is 0.327 e. The van der Waals surface area contributed by atoms with E-state index in [0.717, 1.165) is 12.8 Å². The van der Waals surface area contributed by atoms with Crippen LogP contribution in [0, 0.1) is 0 Å². The van der Waals surface area contributed by atoms with Crippen LogP contribution in [0.3, 0.4) is 0 Å². The lowest BCUT2D eigenvalue weighted by Gasteiger charge is -2.14. The number of carbonyl (C=O) groups excluding carboxylic acids is 1. The number of rotatable bonds is 6. The summed E-state index contributed by atoms with van der Waals surface area (Å²) in [6, 6.07) is -1.09. The van der Waals surface area contributed by atoms with Crippen molar-refractivity contribution in [2.75, 3.05) is 18.1 Å². The van der Waals surface area contributed by atoms with Crippen molar-refractivity contribution >= 4 is 22.7 Å². The summed E-state index contributed by atoms with van der Waals surface area (Å²) in [5.74, 6) is -1.34. The Morgan fingerprint density at radius 3 is 2.76 bits per heavy atom. The first-order chi connectivity index (χ1) is 7.99. The van der Waals surface area contributed by atoms with E-state index in [1.807, 2.05) is 0 Å². The summed E-state index contributed by atoms with van der Waals surface area (Å²) in [5, 5.41) is 11.1. The SMILES string of the molecule is CC(=O)NC(CS(=O)CC1CCCO1)C(=O)O. The molecule has 1 heterocycles. The molecule has 1 amide bonds. The zero-order valence-corrected chi connectivity index (χ0v) is 10.5. The minimum absolute atomic E-state index is 0.0393. The molecule has 0 radical (unpaired) electrons. The monoisotopic (exact) mass is 263 g/mol. The standard InChI is InChI=1S/C10H17NO5S/c1-7(12)11-9(10(13)14)6-17(15)5-8-3-2-4-16-8/h8-9H,2-6H2,1H3,(H,11,12)(H,13,14). The largest absolute Gasteiger partial charge is 0.480 e. The van der Waals surface area contributed by atoms with E-state index < -0.39 is 28.7 Å². The Morgan fingerprint density at radius 2 is 2.29 bits per heavy atom. The fourth-order valence-corrected chi connectivity index (χ4v) is 3.07. The van der Waals surface area contributed by atoms with Crippen molar-refractivity contribution in [1.29, 1.82) is 0 Å². The van der Waals surface area contributed by atoms with Crippen LogP contribution < -0.4 is 5.32 Å². The molecule has 0 aliphatic carbocycles. The van der Waals surface area contributed by atoms with Crippen LogP contribution in [0.4, 0.5) is 0 Å². The molecule has 6 nitrogen and oxygen atoms in total. The number of aliphatic carboxylic acids is 1. The van der Waals surface area contributed by atoms with Crippen LogP contribution in [-0.2, 0) is 25.1 Å². The second-order valence-electron chi connectivity index (χ2n) is 4.00. The van der Waals surface area contributed by atoms with E-state index in [1.54, 1.807) is 0 Å². The van der Waals surface area contributed by atoms with E-state index >= 15 is 0 Å². The first-order valence-electron chi connectivity index (χ1n) is 5.45. The molecule has 1 saturated heterocycles. The fraction of sp³-hybridized carbons (Fsp3) is 0.800. The number of hydrogen-bond acceptors (Lipinski definition) is 4. The van der Waals surface area contributed by atoms with E-state index in [4.69, 9.17) is 9.84 Å². The lowest BCUT2D eigenvalue weighted by atomic mass is 10.3. The van der Waals surface area contributed by atoms with Gasteiger partial charge in [-0.3, -0.25) is 9.00 Å². The van der Waals surface area contributed by atoms with Gasteiger partial charge in [0.1, 0.15) is 6.04 Å². The zero-order valence-electron chi connectivity index (χ0n) is 9.68. The van der Waals surface area contributed by atoms with E-state index in [1.165, 1.54) is 6.92 Å². The van der Waals surface area contributed by atoms with E-state index in [9.17, 15) is 13.8 Å². The summed E-state index contributed by atoms with van der Waals surface area (Å²) in [7, 11) is -1.30. The minimum atomic E-state index is -1.30. The van der Waals surface area contributed by atoms with Crippen LogP contribution in [0.2, 0.25) is 0 Å². The summed E-state index contributed by atoms with van der Waals surface area (Å²) >= 11 is 0. The molecular weight excluding hydrogens is 246 g/mol. The number of hydrogen-bond donors (Lipinski definition) is 2. The van der Waals surface area contributed by atoms with Gasteiger partial charge in [0.25, 0.3) is 0 Å². The second kappa shape index (κ2) is 6.70. The Bertz CT molecular complexity index is 314. The summed E-state index contributed by atoms with van der Waals surface area (Å²) in [6.07, 6.45) is 1.78. The number of amides is 1. The lowest BCUT2D eigenvalue weighted by Crippen LogP contribution is -2.44. The molecule has 1 rings (SSSR count). The minimum Gasteiger partial charge on any atom is -0.480 e. The molecular formula is C10H17NO5S. The number of nitrogens with one attached hydrogen (secondary N) is 1. The number of carboxylic acid groups (broad SMARTS) is 1. The Kier molecular flexibility index (Phi) is 5.57. The molecule has 7 heteroatoms. The maximum Gasteiger partial charge on any atom is 0.327 e. The molecule has 1 aliphatic rings. The van der Waals surface area contributed by atoms with Gasteiger partial charge >= 0.3 is 5.97 Å². The van der Waals surface area contributed by atoms with Gasteiger partial charge in [-0.25, -0.2) is 4.79 Å². The maximum absolute atomic E-state index is 11.7. The lowest BCUT2D eigenvalue weighted by molar-refractivity contribution is -0.140. The van der Waals surface area contributed by atoms with Crippen LogP contribution in [-0.4, -0.2) is 51.5 Å². The summed E-state index contributed by atoms with van der Waals surface area (Å²) in [5.41, 5.74) is 0. The van der Waals surface area contributed by atoms with E-state index in [2.05, 4.69) is 5.32 Å². The van der Waals surface area contributed by atoms with Gasteiger partial charge in [-0.15, -0.1) is 0 Å². The van der Waals surface area contributed by atoms with Crippen LogP contribution in [0.5, 0.6) is 0 Å². The van der Waals surface area contributed by atoms with E-state index in [-0.39, 0.29) is 11.9 Å². The Labute approximate surface area is 102 Å². The van der Waals surface area contributed by atoms with Gasteiger partial charge in [0, 0.05) is 30.1 Å². The van der Waals surface area contributed by atoms with Crippen molar-refractivity contribution < 1.29 is 23.6 Å².